The average Bonchev–Trinajstić information content (AvgIpc) is 2.80. The molecule has 0 bridgehead atoms. The normalized spacial score (nSPS) is 10.6. The van der Waals surface area contributed by atoms with E-state index in [1.54, 1.807) is 7.11 Å². The van der Waals surface area contributed by atoms with Gasteiger partial charge in [0.2, 0.25) is 0 Å². The van der Waals surface area contributed by atoms with Crippen LogP contribution in [0, 0.1) is 0 Å². The number of benzene rings is 1. The van der Waals surface area contributed by atoms with Crippen LogP contribution in [0.25, 0.3) is 11.1 Å². The Morgan fingerprint density at radius 3 is 2.84 bits per heavy atom. The average molecular weight is 261 g/mol. The number of hydrogen-bond donors (Lipinski definition) is 2. The fourth-order valence-corrected chi connectivity index (χ4v) is 2.05. The summed E-state index contributed by atoms with van der Waals surface area (Å²) < 4.78 is 10.8. The Labute approximate surface area is 112 Å². The van der Waals surface area contributed by atoms with E-state index in [2.05, 4.69) is 10.2 Å². The van der Waals surface area contributed by atoms with Crippen LogP contribution in [0.15, 0.2) is 24.3 Å². The van der Waals surface area contributed by atoms with Crippen molar-refractivity contribution in [3.63, 3.8) is 0 Å². The number of nitrogens with two attached hydrogens (primary N) is 1. The Morgan fingerprint density at radius 1 is 1.32 bits per heavy atom. The monoisotopic (exact) mass is 261 g/mol. The Hall–Kier alpha value is -2.01. The summed E-state index contributed by atoms with van der Waals surface area (Å²) in [6, 6.07) is 7.77. The second-order valence-electron chi connectivity index (χ2n) is 4.11. The molecule has 1 aromatic heterocycles. The molecule has 5 nitrogen and oxygen atoms in total. The third kappa shape index (κ3) is 2.88. The third-order valence-electron chi connectivity index (χ3n) is 2.95. The lowest BCUT2D eigenvalue weighted by molar-refractivity contribution is 0.150. The summed E-state index contributed by atoms with van der Waals surface area (Å²) in [5, 5.41) is 7.06. The van der Waals surface area contributed by atoms with Crippen molar-refractivity contribution in [1.82, 2.24) is 10.2 Å². The number of rotatable bonds is 6. The number of nitrogen functional groups attached to an aromatic ring is 1. The molecule has 0 saturated heterocycles. The minimum atomic E-state index is 0.482. The highest BCUT2D eigenvalue weighted by atomic mass is 16.5. The lowest BCUT2D eigenvalue weighted by Gasteiger charge is -2.09. The van der Waals surface area contributed by atoms with Gasteiger partial charge in [-0.05, 0) is 13.0 Å². The molecular weight excluding hydrogens is 242 g/mol. The first-order chi connectivity index (χ1) is 9.27. The predicted octanol–water partition coefficient (Wildman–Crippen LogP) is 2.25. The second-order valence-corrected chi connectivity index (χ2v) is 4.11. The molecule has 0 aliphatic rings. The molecule has 5 heteroatoms. The van der Waals surface area contributed by atoms with Crippen molar-refractivity contribution < 1.29 is 9.47 Å². The molecular formula is C14H19N3O2. The quantitative estimate of drug-likeness (QED) is 0.782. The van der Waals surface area contributed by atoms with Crippen molar-refractivity contribution in [3.05, 3.63) is 30.0 Å². The fourth-order valence-electron chi connectivity index (χ4n) is 2.05. The minimum absolute atomic E-state index is 0.482. The maximum absolute atomic E-state index is 5.96. The van der Waals surface area contributed by atoms with Crippen LogP contribution >= 0.6 is 0 Å². The summed E-state index contributed by atoms with van der Waals surface area (Å²) in [5.74, 6) is 1.27. The van der Waals surface area contributed by atoms with Gasteiger partial charge in [0.05, 0.1) is 19.3 Å². The number of para-hydroxylation sites is 1. The van der Waals surface area contributed by atoms with Crippen molar-refractivity contribution in [2.75, 3.05) is 26.1 Å². The molecule has 0 aliphatic heterocycles. The molecule has 0 amide bonds. The van der Waals surface area contributed by atoms with Crippen molar-refractivity contribution in [3.8, 4) is 16.9 Å². The van der Waals surface area contributed by atoms with E-state index in [0.29, 0.717) is 19.0 Å². The smallest absolute Gasteiger partial charge is 0.153 e. The number of H-pyrrole nitrogens is 1. The van der Waals surface area contributed by atoms with Gasteiger partial charge in [0.1, 0.15) is 5.75 Å². The van der Waals surface area contributed by atoms with Gasteiger partial charge in [0, 0.05) is 24.3 Å². The summed E-state index contributed by atoms with van der Waals surface area (Å²) in [6.45, 7) is 3.32. The second kappa shape index (κ2) is 6.24. The van der Waals surface area contributed by atoms with E-state index >= 15 is 0 Å². The van der Waals surface area contributed by atoms with Crippen LogP contribution in [0.4, 0.5) is 5.82 Å². The van der Waals surface area contributed by atoms with Crippen LogP contribution in [0.5, 0.6) is 5.75 Å². The standard InChI is InChI=1S/C14H19N3O2/c1-3-19-9-8-11-13(14(15)17-16-11)10-6-4-5-7-12(10)18-2/h4-7H,3,8-9H2,1-2H3,(H3,15,16,17). The Morgan fingerprint density at radius 2 is 2.11 bits per heavy atom. The maximum Gasteiger partial charge on any atom is 0.153 e. The molecule has 3 N–H and O–H groups in total. The summed E-state index contributed by atoms with van der Waals surface area (Å²) in [6.07, 6.45) is 0.741. The lowest BCUT2D eigenvalue weighted by Crippen LogP contribution is -2.00. The Bertz CT molecular complexity index is 537. The predicted molar refractivity (Wildman–Crippen MR) is 75.2 cm³/mol. The van der Waals surface area contributed by atoms with Gasteiger partial charge in [-0.15, -0.1) is 0 Å². The first-order valence-electron chi connectivity index (χ1n) is 6.31. The van der Waals surface area contributed by atoms with Gasteiger partial charge in [-0.25, -0.2) is 0 Å². The van der Waals surface area contributed by atoms with Crippen molar-refractivity contribution >= 4 is 5.82 Å². The summed E-state index contributed by atoms with van der Waals surface area (Å²) in [7, 11) is 1.65. The van der Waals surface area contributed by atoms with E-state index in [-0.39, 0.29) is 0 Å². The molecule has 2 rings (SSSR count). The number of aromatic amines is 1. The van der Waals surface area contributed by atoms with Gasteiger partial charge >= 0.3 is 0 Å². The van der Waals surface area contributed by atoms with Crippen LogP contribution < -0.4 is 10.5 Å². The van der Waals surface area contributed by atoms with Gasteiger partial charge in [-0.1, -0.05) is 18.2 Å². The van der Waals surface area contributed by atoms with E-state index < -0.39 is 0 Å². The van der Waals surface area contributed by atoms with Crippen LogP contribution in [0.2, 0.25) is 0 Å². The Balaban J connectivity index is 2.35. The highest BCUT2D eigenvalue weighted by Gasteiger charge is 2.16. The molecule has 1 aromatic carbocycles. The van der Waals surface area contributed by atoms with E-state index in [4.69, 9.17) is 15.2 Å². The molecule has 19 heavy (non-hydrogen) atoms. The van der Waals surface area contributed by atoms with E-state index in [1.807, 2.05) is 31.2 Å². The maximum atomic E-state index is 5.96. The zero-order chi connectivity index (χ0) is 13.7. The zero-order valence-corrected chi connectivity index (χ0v) is 11.3. The number of nitrogens with zero attached hydrogens (tertiary/aromatic N) is 1. The Kier molecular flexibility index (Phi) is 4.41. The number of hydrogen-bond acceptors (Lipinski definition) is 4. The number of aromatic nitrogens is 2. The molecule has 102 valence electrons. The van der Waals surface area contributed by atoms with E-state index in [0.717, 1.165) is 29.0 Å². The molecule has 0 spiro atoms. The molecule has 1 heterocycles. The number of ether oxygens (including phenoxy) is 2. The number of methoxy groups -OCH3 is 1. The van der Waals surface area contributed by atoms with Gasteiger partial charge in [0.25, 0.3) is 0 Å². The van der Waals surface area contributed by atoms with Gasteiger partial charge in [-0.2, -0.15) is 5.10 Å². The van der Waals surface area contributed by atoms with Crippen LogP contribution in [-0.4, -0.2) is 30.5 Å². The van der Waals surface area contributed by atoms with Gasteiger partial charge in [0.15, 0.2) is 5.82 Å². The van der Waals surface area contributed by atoms with Crippen molar-refractivity contribution in [1.29, 1.82) is 0 Å². The van der Waals surface area contributed by atoms with Crippen molar-refractivity contribution in [2.24, 2.45) is 0 Å². The van der Waals surface area contributed by atoms with E-state index in [9.17, 15) is 0 Å². The van der Waals surface area contributed by atoms with Gasteiger partial charge < -0.3 is 15.2 Å². The zero-order valence-electron chi connectivity index (χ0n) is 11.3. The molecule has 0 radical (unpaired) electrons. The van der Waals surface area contributed by atoms with Gasteiger partial charge in [-0.3, -0.25) is 5.10 Å². The SMILES string of the molecule is CCOCCc1[nH]nc(N)c1-c1ccccc1OC. The number of anilines is 1. The lowest BCUT2D eigenvalue weighted by atomic mass is 10.0. The van der Waals surface area contributed by atoms with Crippen molar-refractivity contribution in [2.45, 2.75) is 13.3 Å². The first kappa shape index (κ1) is 13.4. The third-order valence-corrected chi connectivity index (χ3v) is 2.95. The minimum Gasteiger partial charge on any atom is -0.496 e. The largest absolute Gasteiger partial charge is 0.496 e. The molecule has 2 aromatic rings. The molecule has 0 fully saturated rings. The van der Waals surface area contributed by atoms with E-state index in [1.165, 1.54) is 0 Å². The first-order valence-corrected chi connectivity index (χ1v) is 6.31. The van der Waals surface area contributed by atoms with Crippen LogP contribution in [0.3, 0.4) is 0 Å². The molecule has 0 saturated carbocycles. The van der Waals surface area contributed by atoms with Crippen LogP contribution in [0.1, 0.15) is 12.6 Å². The molecule has 0 aliphatic carbocycles. The fraction of sp³-hybridized carbons (Fsp3) is 0.357. The highest BCUT2D eigenvalue weighted by Crippen LogP contribution is 2.35. The van der Waals surface area contributed by atoms with Crippen LogP contribution in [-0.2, 0) is 11.2 Å². The summed E-state index contributed by atoms with van der Waals surface area (Å²) >= 11 is 0. The number of nitrogens with one attached hydrogen (secondary N) is 1. The molecule has 0 atom stereocenters. The summed E-state index contributed by atoms with van der Waals surface area (Å²) in [4.78, 5) is 0. The summed E-state index contributed by atoms with van der Waals surface area (Å²) in [5.41, 5.74) is 8.78. The molecule has 0 unspecified atom stereocenters. The highest BCUT2D eigenvalue weighted by molar-refractivity contribution is 5.80. The topological polar surface area (TPSA) is 73.2 Å².